The zero-order chi connectivity index (χ0) is 23.6. The number of aliphatic hydroxyl groups is 1. The third-order valence-electron chi connectivity index (χ3n) is 6.39. The van der Waals surface area contributed by atoms with E-state index in [1.54, 1.807) is 18.2 Å². The molecule has 1 spiro atoms. The molecule has 4 rings (SSSR count). The van der Waals surface area contributed by atoms with E-state index in [1.807, 2.05) is 36.9 Å². The first-order valence-corrected chi connectivity index (χ1v) is 11.9. The molecule has 0 bridgehead atoms. The molecule has 2 aromatic rings. The summed E-state index contributed by atoms with van der Waals surface area (Å²) in [5.74, 6) is 1.48. The number of nitrogens with zero attached hydrogens (tertiary/aromatic N) is 1. The van der Waals surface area contributed by atoms with Crippen molar-refractivity contribution < 1.29 is 24.1 Å². The van der Waals surface area contributed by atoms with E-state index in [0.29, 0.717) is 30.0 Å². The fourth-order valence-corrected chi connectivity index (χ4v) is 4.82. The Labute approximate surface area is 196 Å². The second-order valence-corrected chi connectivity index (χ2v) is 9.64. The van der Waals surface area contributed by atoms with Gasteiger partial charge in [0.15, 0.2) is 0 Å². The standard InChI is InChI=1S/C27H35NO5/c1-18(2)31-23-10-9-20(15-21(23)17-29)26(30)28-13-11-27(12-14-28)16-25(32-19(3)4)22-7-5-6-8-24(22)33-27/h5-10,15,18-19,25,29H,11-14,16-17H2,1-4H3/t25-/m1/s1. The average molecular weight is 454 g/mol. The molecule has 0 aliphatic carbocycles. The van der Waals surface area contributed by atoms with Crippen LogP contribution in [0.15, 0.2) is 42.5 Å². The van der Waals surface area contributed by atoms with Gasteiger partial charge in [0.2, 0.25) is 0 Å². The van der Waals surface area contributed by atoms with Crippen molar-refractivity contribution in [1.82, 2.24) is 4.90 Å². The maximum absolute atomic E-state index is 13.2. The number of amides is 1. The minimum atomic E-state index is -0.324. The number of carbonyl (C=O) groups is 1. The van der Waals surface area contributed by atoms with Crippen LogP contribution in [0.2, 0.25) is 0 Å². The van der Waals surface area contributed by atoms with Crippen LogP contribution in [0.5, 0.6) is 11.5 Å². The highest BCUT2D eigenvalue weighted by atomic mass is 16.5. The second kappa shape index (κ2) is 9.74. The van der Waals surface area contributed by atoms with E-state index in [-0.39, 0.29) is 36.4 Å². The lowest BCUT2D eigenvalue weighted by Crippen LogP contribution is -2.52. The molecule has 2 aliphatic heterocycles. The van der Waals surface area contributed by atoms with Crippen molar-refractivity contribution in [3.63, 3.8) is 0 Å². The molecule has 0 unspecified atom stereocenters. The third-order valence-corrected chi connectivity index (χ3v) is 6.39. The largest absolute Gasteiger partial charge is 0.491 e. The quantitative estimate of drug-likeness (QED) is 0.675. The molecule has 0 aromatic heterocycles. The highest BCUT2D eigenvalue weighted by Crippen LogP contribution is 2.46. The Morgan fingerprint density at radius 2 is 1.85 bits per heavy atom. The van der Waals surface area contributed by atoms with Gasteiger partial charge in [-0.3, -0.25) is 4.79 Å². The molecule has 1 N–H and O–H groups in total. The maximum Gasteiger partial charge on any atom is 0.253 e. The molecule has 1 atom stereocenters. The van der Waals surface area contributed by atoms with Gasteiger partial charge in [-0.1, -0.05) is 18.2 Å². The van der Waals surface area contributed by atoms with Crippen LogP contribution in [0.4, 0.5) is 0 Å². The first-order chi connectivity index (χ1) is 15.8. The van der Waals surface area contributed by atoms with Crippen LogP contribution in [0.1, 0.15) is 74.5 Å². The van der Waals surface area contributed by atoms with Crippen molar-refractivity contribution in [1.29, 1.82) is 0 Å². The summed E-state index contributed by atoms with van der Waals surface area (Å²) < 4.78 is 18.5. The van der Waals surface area contributed by atoms with Gasteiger partial charge in [0.25, 0.3) is 5.91 Å². The van der Waals surface area contributed by atoms with E-state index in [1.165, 1.54) is 0 Å². The number of aliphatic hydroxyl groups excluding tert-OH is 1. The van der Waals surface area contributed by atoms with E-state index in [9.17, 15) is 9.90 Å². The summed E-state index contributed by atoms with van der Waals surface area (Å²) in [4.78, 5) is 15.1. The highest BCUT2D eigenvalue weighted by molar-refractivity contribution is 5.94. The van der Waals surface area contributed by atoms with E-state index < -0.39 is 0 Å². The number of rotatable bonds is 6. The summed E-state index contributed by atoms with van der Waals surface area (Å²) in [5, 5.41) is 9.75. The van der Waals surface area contributed by atoms with Crippen LogP contribution in [-0.4, -0.2) is 46.8 Å². The number of hydrogen-bond acceptors (Lipinski definition) is 5. The van der Waals surface area contributed by atoms with Gasteiger partial charge in [0.1, 0.15) is 17.1 Å². The summed E-state index contributed by atoms with van der Waals surface area (Å²) in [6.07, 6.45) is 2.43. The fraction of sp³-hybridized carbons (Fsp3) is 0.519. The molecule has 178 valence electrons. The second-order valence-electron chi connectivity index (χ2n) is 9.64. The molecule has 2 aliphatic rings. The minimum absolute atomic E-state index is 0.000684. The molecule has 6 nitrogen and oxygen atoms in total. The van der Waals surface area contributed by atoms with Gasteiger partial charge in [-0.05, 0) is 52.0 Å². The van der Waals surface area contributed by atoms with Crippen molar-refractivity contribution in [2.24, 2.45) is 0 Å². The maximum atomic E-state index is 13.2. The van der Waals surface area contributed by atoms with Gasteiger partial charge in [-0.15, -0.1) is 0 Å². The van der Waals surface area contributed by atoms with Gasteiger partial charge >= 0.3 is 0 Å². The van der Waals surface area contributed by atoms with Crippen LogP contribution in [0.3, 0.4) is 0 Å². The molecule has 1 amide bonds. The number of likely N-dealkylation sites (tertiary alicyclic amines) is 1. The Morgan fingerprint density at radius 3 is 2.52 bits per heavy atom. The zero-order valence-electron chi connectivity index (χ0n) is 20.0. The highest BCUT2D eigenvalue weighted by Gasteiger charge is 2.44. The minimum Gasteiger partial charge on any atom is -0.491 e. The molecule has 6 heteroatoms. The van der Waals surface area contributed by atoms with Crippen molar-refractivity contribution in [2.75, 3.05) is 13.1 Å². The molecule has 0 radical (unpaired) electrons. The third kappa shape index (κ3) is 5.17. The summed E-state index contributed by atoms with van der Waals surface area (Å²) in [7, 11) is 0. The van der Waals surface area contributed by atoms with Crippen LogP contribution in [-0.2, 0) is 11.3 Å². The van der Waals surface area contributed by atoms with Crippen molar-refractivity contribution in [3.05, 3.63) is 59.2 Å². The van der Waals surface area contributed by atoms with Gasteiger partial charge in [-0.2, -0.15) is 0 Å². The first kappa shape index (κ1) is 23.6. The number of piperidine rings is 1. The summed E-state index contributed by atoms with van der Waals surface area (Å²) >= 11 is 0. The lowest BCUT2D eigenvalue weighted by molar-refractivity contribution is -0.0872. The topological polar surface area (TPSA) is 68.2 Å². The van der Waals surface area contributed by atoms with Gasteiger partial charge in [0, 0.05) is 49.0 Å². The van der Waals surface area contributed by atoms with Crippen LogP contribution >= 0.6 is 0 Å². The molecule has 0 saturated carbocycles. The monoisotopic (exact) mass is 453 g/mol. The van der Waals surface area contributed by atoms with E-state index >= 15 is 0 Å². The molecule has 2 heterocycles. The number of carbonyl (C=O) groups excluding carboxylic acids is 1. The number of hydrogen-bond donors (Lipinski definition) is 1. The van der Waals surface area contributed by atoms with Gasteiger partial charge in [-0.25, -0.2) is 0 Å². The van der Waals surface area contributed by atoms with Crippen LogP contribution in [0.25, 0.3) is 0 Å². The first-order valence-electron chi connectivity index (χ1n) is 11.9. The smallest absolute Gasteiger partial charge is 0.253 e. The van der Waals surface area contributed by atoms with Crippen LogP contribution < -0.4 is 9.47 Å². The molecule has 1 fully saturated rings. The fourth-order valence-electron chi connectivity index (χ4n) is 4.82. The van der Waals surface area contributed by atoms with E-state index in [2.05, 4.69) is 19.9 Å². The van der Waals surface area contributed by atoms with Crippen LogP contribution in [0, 0.1) is 0 Å². The summed E-state index contributed by atoms with van der Waals surface area (Å²) in [6.45, 7) is 9.06. The van der Waals surface area contributed by atoms with Gasteiger partial charge in [0.05, 0.1) is 24.9 Å². The Balaban J connectivity index is 1.47. The Bertz CT molecular complexity index is 978. The molecule has 1 saturated heterocycles. The molecule has 33 heavy (non-hydrogen) atoms. The Morgan fingerprint density at radius 1 is 1.12 bits per heavy atom. The number of fused-ring (bicyclic) bond motifs is 1. The van der Waals surface area contributed by atoms with E-state index in [0.717, 1.165) is 30.6 Å². The predicted octanol–water partition coefficient (Wildman–Crippen LogP) is 4.89. The lowest BCUT2D eigenvalue weighted by Gasteiger charge is -2.47. The Hall–Kier alpha value is -2.57. The van der Waals surface area contributed by atoms with Crippen molar-refractivity contribution in [2.45, 2.75) is 77.5 Å². The summed E-state index contributed by atoms with van der Waals surface area (Å²) in [5.41, 5.74) is 1.98. The molecular formula is C27H35NO5. The lowest BCUT2D eigenvalue weighted by atomic mass is 9.81. The average Bonchev–Trinajstić information content (AvgIpc) is 2.78. The van der Waals surface area contributed by atoms with Crippen molar-refractivity contribution >= 4 is 5.91 Å². The zero-order valence-corrected chi connectivity index (χ0v) is 20.0. The number of ether oxygens (including phenoxy) is 3. The molecular weight excluding hydrogens is 418 g/mol. The predicted molar refractivity (Wildman–Crippen MR) is 127 cm³/mol. The van der Waals surface area contributed by atoms with E-state index in [4.69, 9.17) is 14.2 Å². The SMILES string of the molecule is CC(C)Oc1ccc(C(=O)N2CCC3(CC2)C[C@@H](OC(C)C)c2ccccc2O3)cc1CO. The van der Waals surface area contributed by atoms with Crippen molar-refractivity contribution in [3.8, 4) is 11.5 Å². The number of benzene rings is 2. The Kier molecular flexibility index (Phi) is 6.96. The normalized spacial score (nSPS) is 19.5. The van der Waals surface area contributed by atoms with Gasteiger partial charge < -0.3 is 24.2 Å². The number of para-hydroxylation sites is 1. The molecule has 2 aromatic carbocycles. The summed E-state index contributed by atoms with van der Waals surface area (Å²) in [6, 6.07) is 13.4.